The van der Waals surface area contributed by atoms with Gasteiger partial charge < -0.3 is 28.5 Å². The predicted molar refractivity (Wildman–Crippen MR) is 330 cm³/mol. The van der Waals surface area contributed by atoms with Gasteiger partial charge in [0, 0.05) is 12.8 Å². The third-order valence-corrected chi connectivity index (χ3v) is 15.1. The van der Waals surface area contributed by atoms with E-state index in [9.17, 15) is 19.0 Å². The van der Waals surface area contributed by atoms with Gasteiger partial charge in [-0.15, -0.1) is 0 Å². The summed E-state index contributed by atoms with van der Waals surface area (Å²) in [6.07, 6.45) is 73.0. The van der Waals surface area contributed by atoms with Crippen LogP contribution in [0, 0.1) is 0 Å². The van der Waals surface area contributed by atoms with Crippen molar-refractivity contribution in [1.29, 1.82) is 0 Å². The van der Waals surface area contributed by atoms with E-state index >= 15 is 0 Å². The molecule has 1 amide bonds. The van der Waals surface area contributed by atoms with Crippen LogP contribution in [0.5, 0.6) is 0 Å². The van der Waals surface area contributed by atoms with Gasteiger partial charge in [0.05, 0.1) is 33.8 Å². The van der Waals surface area contributed by atoms with Gasteiger partial charge in [-0.25, -0.2) is 0 Å². The van der Waals surface area contributed by atoms with Crippen molar-refractivity contribution in [2.24, 2.45) is 0 Å². The van der Waals surface area contributed by atoms with Crippen LogP contribution < -0.4 is 10.2 Å². The van der Waals surface area contributed by atoms with Crippen LogP contribution in [-0.4, -0.2) is 69.4 Å². The standard InChI is InChI=1S/C67H123N2O7P/c1-7-10-13-16-19-22-25-28-30-31-32-33-34-35-36-37-38-39-40-41-44-47-50-53-56-59-66(70)68-64(63-75-77(72,73)74-62-61-69(4,5)6)65(58-55-52-49-46-43-27-24-21-18-15-12-9-3)76-67(71)60-57-54-51-48-45-42-29-26-23-20-17-14-11-8-2/h19,22,28,30,32-33,35-36,42,45,55,58,64-65H,7-18,20-21,23-27,29,31,34,37-41,43-44,46-54,56-57,59-63H2,1-6H3,(H-,68,70,72,73)/b22-19-,30-28-,33-32-,36-35-,45-42-,58-55-. The van der Waals surface area contributed by atoms with Crippen LogP contribution in [0.15, 0.2) is 72.9 Å². The summed E-state index contributed by atoms with van der Waals surface area (Å²) in [6.45, 7) is 6.81. The number of nitrogens with one attached hydrogen (secondary N) is 1. The van der Waals surface area contributed by atoms with E-state index in [1.54, 1.807) is 0 Å². The van der Waals surface area contributed by atoms with Gasteiger partial charge in [-0.2, -0.15) is 0 Å². The number of phosphoric acid groups is 1. The number of carbonyl (C=O) groups is 2. The number of carbonyl (C=O) groups excluding carboxylic acids is 2. The highest BCUT2D eigenvalue weighted by molar-refractivity contribution is 7.45. The van der Waals surface area contributed by atoms with Gasteiger partial charge >= 0.3 is 5.97 Å². The average Bonchev–Trinajstić information content (AvgIpc) is 3.39. The molecule has 0 saturated heterocycles. The summed E-state index contributed by atoms with van der Waals surface area (Å²) in [5, 5.41) is 3.03. The number of hydrogen-bond acceptors (Lipinski definition) is 7. The second-order valence-electron chi connectivity index (χ2n) is 22.9. The van der Waals surface area contributed by atoms with E-state index in [0.29, 0.717) is 23.9 Å². The maximum atomic E-state index is 13.5. The SMILES string of the molecule is CCCCC/C=C\C/C=C\C/C=C\C/C=C\CCCCCCCCCCCC(=O)NC(COP(=O)([O-])OCC[N+](C)(C)C)C(/C=C\CCCCCCCCCCCC)OC(=O)CCCCC/C=C\CCCCCCCCC. The molecular weight excluding hydrogens is 976 g/mol. The van der Waals surface area contributed by atoms with Gasteiger partial charge in [0.1, 0.15) is 19.3 Å². The molecule has 0 aliphatic carbocycles. The quantitative estimate of drug-likeness (QED) is 0.0212. The van der Waals surface area contributed by atoms with Crippen molar-refractivity contribution in [2.45, 2.75) is 303 Å². The minimum Gasteiger partial charge on any atom is -0.756 e. The largest absolute Gasteiger partial charge is 0.756 e. The number of likely N-dealkylation sites (N-methyl/N-ethyl adjacent to an activating group) is 1. The Balaban J connectivity index is 5.16. The summed E-state index contributed by atoms with van der Waals surface area (Å²) in [5.41, 5.74) is 0. The maximum Gasteiger partial charge on any atom is 0.306 e. The molecule has 0 aliphatic rings. The second-order valence-corrected chi connectivity index (χ2v) is 24.3. The Morgan fingerprint density at radius 3 is 1.23 bits per heavy atom. The number of quaternary nitrogens is 1. The van der Waals surface area contributed by atoms with E-state index in [2.05, 4.69) is 86.8 Å². The van der Waals surface area contributed by atoms with Gasteiger partial charge in [0.15, 0.2) is 0 Å². The monoisotopic (exact) mass is 1100 g/mol. The van der Waals surface area contributed by atoms with Crippen LogP contribution in [-0.2, 0) is 27.9 Å². The number of rotatable bonds is 58. The first-order chi connectivity index (χ1) is 37.4. The lowest BCUT2D eigenvalue weighted by molar-refractivity contribution is -0.870. The first kappa shape index (κ1) is 74.5. The van der Waals surface area contributed by atoms with Crippen molar-refractivity contribution in [2.75, 3.05) is 40.9 Å². The number of nitrogens with zero attached hydrogens (tertiary/aromatic N) is 1. The average molecular weight is 1100 g/mol. The Hall–Kier alpha value is -2.55. The summed E-state index contributed by atoms with van der Waals surface area (Å²) in [5.74, 6) is -0.563. The summed E-state index contributed by atoms with van der Waals surface area (Å²) in [7, 11) is 1.17. The zero-order valence-electron chi connectivity index (χ0n) is 51.2. The van der Waals surface area contributed by atoms with Crippen molar-refractivity contribution in [3.8, 4) is 0 Å². The fraction of sp³-hybridized carbons (Fsp3) is 0.791. The fourth-order valence-corrected chi connectivity index (χ4v) is 9.81. The summed E-state index contributed by atoms with van der Waals surface area (Å²) < 4.78 is 30.3. The highest BCUT2D eigenvalue weighted by atomic mass is 31.2. The summed E-state index contributed by atoms with van der Waals surface area (Å²) in [6, 6.07) is -0.899. The zero-order chi connectivity index (χ0) is 56.4. The molecule has 0 fully saturated rings. The van der Waals surface area contributed by atoms with Gasteiger partial charge in [-0.3, -0.25) is 14.2 Å². The molecule has 0 aliphatic heterocycles. The number of amides is 1. The topological polar surface area (TPSA) is 114 Å². The molecule has 0 spiro atoms. The number of hydrogen-bond donors (Lipinski definition) is 1. The lowest BCUT2D eigenvalue weighted by Gasteiger charge is -2.30. The normalized spacial score (nSPS) is 14.1. The highest BCUT2D eigenvalue weighted by Crippen LogP contribution is 2.38. The van der Waals surface area contributed by atoms with Crippen molar-refractivity contribution in [1.82, 2.24) is 5.32 Å². The number of unbranched alkanes of at least 4 members (excludes halogenated alkanes) is 32. The zero-order valence-corrected chi connectivity index (χ0v) is 52.0. The Kier molecular flexibility index (Phi) is 54.8. The predicted octanol–water partition coefficient (Wildman–Crippen LogP) is 19.4. The van der Waals surface area contributed by atoms with Crippen molar-refractivity contribution in [3.63, 3.8) is 0 Å². The number of allylic oxidation sites excluding steroid dienone is 11. The van der Waals surface area contributed by atoms with E-state index in [1.807, 2.05) is 33.3 Å². The molecule has 0 heterocycles. The molecule has 3 atom stereocenters. The van der Waals surface area contributed by atoms with Gasteiger partial charge in [0.25, 0.3) is 7.82 Å². The minimum absolute atomic E-state index is 0.0276. The Bertz CT molecular complexity index is 1550. The number of phosphoric ester groups is 1. The van der Waals surface area contributed by atoms with E-state index in [0.717, 1.165) is 96.3 Å². The Morgan fingerprint density at radius 2 is 0.792 bits per heavy atom. The van der Waals surface area contributed by atoms with E-state index < -0.39 is 26.6 Å². The van der Waals surface area contributed by atoms with Crippen LogP contribution in [0.1, 0.15) is 290 Å². The van der Waals surface area contributed by atoms with E-state index in [-0.39, 0.29) is 24.9 Å². The molecule has 1 N–H and O–H groups in total. The summed E-state index contributed by atoms with van der Waals surface area (Å²) in [4.78, 5) is 40.0. The van der Waals surface area contributed by atoms with Crippen LogP contribution in [0.2, 0.25) is 0 Å². The van der Waals surface area contributed by atoms with E-state index in [4.69, 9.17) is 13.8 Å². The number of esters is 1. The van der Waals surface area contributed by atoms with Gasteiger partial charge in [-0.05, 0) is 102 Å². The molecule has 9 nitrogen and oxygen atoms in total. The van der Waals surface area contributed by atoms with Gasteiger partial charge in [-0.1, -0.05) is 248 Å². The van der Waals surface area contributed by atoms with Crippen LogP contribution in [0.25, 0.3) is 0 Å². The Labute approximate surface area is 476 Å². The lowest BCUT2D eigenvalue weighted by Crippen LogP contribution is -2.47. The minimum atomic E-state index is -4.70. The van der Waals surface area contributed by atoms with Crippen molar-refractivity contribution < 1.29 is 37.3 Å². The second kappa shape index (κ2) is 56.7. The molecule has 0 bridgehead atoms. The Morgan fingerprint density at radius 1 is 0.455 bits per heavy atom. The number of ether oxygens (including phenoxy) is 1. The van der Waals surface area contributed by atoms with Crippen molar-refractivity contribution in [3.05, 3.63) is 72.9 Å². The van der Waals surface area contributed by atoms with Crippen LogP contribution in [0.4, 0.5) is 0 Å². The third-order valence-electron chi connectivity index (χ3n) is 14.1. The van der Waals surface area contributed by atoms with E-state index in [1.165, 1.54) is 154 Å². The molecule has 77 heavy (non-hydrogen) atoms. The smallest absolute Gasteiger partial charge is 0.306 e. The first-order valence-corrected chi connectivity index (χ1v) is 33.7. The van der Waals surface area contributed by atoms with Gasteiger partial charge in [0.2, 0.25) is 5.91 Å². The van der Waals surface area contributed by atoms with Crippen LogP contribution >= 0.6 is 7.82 Å². The van der Waals surface area contributed by atoms with Crippen LogP contribution in [0.3, 0.4) is 0 Å². The van der Waals surface area contributed by atoms with Crippen molar-refractivity contribution >= 4 is 19.7 Å². The molecule has 0 saturated carbocycles. The molecule has 0 aromatic carbocycles. The molecule has 0 aromatic rings. The molecule has 3 unspecified atom stereocenters. The molecule has 0 aromatic heterocycles. The lowest BCUT2D eigenvalue weighted by atomic mass is 10.0. The molecule has 0 rings (SSSR count). The summed E-state index contributed by atoms with van der Waals surface area (Å²) >= 11 is 0. The molecular formula is C67H123N2O7P. The fourth-order valence-electron chi connectivity index (χ4n) is 9.09. The molecule has 10 heteroatoms. The highest BCUT2D eigenvalue weighted by Gasteiger charge is 2.27. The molecule has 448 valence electrons. The maximum absolute atomic E-state index is 13.5. The molecule has 0 radical (unpaired) electrons. The first-order valence-electron chi connectivity index (χ1n) is 32.2. The third kappa shape index (κ3) is 57.9.